The van der Waals surface area contributed by atoms with Crippen LogP contribution in [0.4, 0.5) is 33.3 Å². The molecule has 2 saturated heterocycles. The molecule has 0 bridgehead atoms. The minimum absolute atomic E-state index is 0.0417. The van der Waals surface area contributed by atoms with E-state index in [0.29, 0.717) is 10.6 Å². The van der Waals surface area contributed by atoms with Crippen LogP contribution in [0.15, 0.2) is 54.1 Å². The largest absolute Gasteiger partial charge is 0.507 e. The Morgan fingerprint density at radius 1 is 0.792 bits per heavy atom. The standard InChI is InChI=1S/C33H20Cl3F5N2O5/c1-12-3-2-4-17(27(12)44)20-15-9-10-16-19(29(46)42(28(16)45)14-7-5-13(34)6-8-14)18(15)11-32(35)30(47)43(31(48)33(20,32)36)26-24(40)22(38)21(37)23(39)25(26)41/h2-9,16,18-20,44H,10-11H2,1H3. The number of imide groups is 2. The molecule has 248 valence electrons. The summed E-state index contributed by atoms with van der Waals surface area (Å²) in [5.41, 5.74) is -1.21. The summed E-state index contributed by atoms with van der Waals surface area (Å²) in [4.78, 5) is 51.6. The topological polar surface area (TPSA) is 95.0 Å². The van der Waals surface area contributed by atoms with Crippen LogP contribution >= 0.6 is 34.8 Å². The SMILES string of the molecule is Cc1cccc(C2C3=CCC4C(=O)N(c5ccc(Cl)cc5)C(=O)C4C3CC3(Cl)C(=O)N(c4c(F)c(F)c(F)c(F)c4F)C(=O)C23Cl)c1O. The average Bonchev–Trinajstić information content (AvgIpc) is 3.39. The fourth-order valence-electron chi connectivity index (χ4n) is 7.67. The summed E-state index contributed by atoms with van der Waals surface area (Å²) < 4.78 is 73.1. The lowest BCUT2D eigenvalue weighted by Crippen LogP contribution is -2.60. The molecule has 2 heterocycles. The zero-order chi connectivity index (χ0) is 34.8. The van der Waals surface area contributed by atoms with Gasteiger partial charge >= 0.3 is 0 Å². The number of phenolic OH excluding ortho intramolecular Hbond substituents is 1. The molecule has 6 atom stereocenters. The number of nitrogens with zero attached hydrogens (tertiary/aromatic N) is 2. The molecule has 0 radical (unpaired) electrons. The van der Waals surface area contributed by atoms with Crippen molar-refractivity contribution in [3.63, 3.8) is 0 Å². The third-order valence-electron chi connectivity index (χ3n) is 9.89. The van der Waals surface area contributed by atoms with Crippen molar-refractivity contribution in [1.82, 2.24) is 0 Å². The fraction of sp³-hybridized carbons (Fsp3) is 0.273. The number of carbonyl (C=O) groups is 4. The summed E-state index contributed by atoms with van der Waals surface area (Å²) in [6, 6.07) is 10.3. The van der Waals surface area contributed by atoms with Gasteiger partial charge in [0.05, 0.1) is 17.5 Å². The number of carbonyl (C=O) groups excluding carboxylic acids is 4. The van der Waals surface area contributed by atoms with E-state index in [2.05, 4.69) is 0 Å². The summed E-state index contributed by atoms with van der Waals surface area (Å²) in [5, 5.41) is 11.6. The second-order valence-electron chi connectivity index (χ2n) is 12.2. The van der Waals surface area contributed by atoms with Gasteiger partial charge in [0.2, 0.25) is 17.6 Å². The summed E-state index contributed by atoms with van der Waals surface area (Å²) in [5.74, 6) is -22.0. The highest BCUT2D eigenvalue weighted by molar-refractivity contribution is 6.58. The third kappa shape index (κ3) is 3.99. The molecule has 0 aromatic heterocycles. The van der Waals surface area contributed by atoms with E-state index in [-0.39, 0.29) is 28.1 Å². The van der Waals surface area contributed by atoms with Crippen LogP contribution < -0.4 is 9.80 Å². The van der Waals surface area contributed by atoms with Gasteiger partial charge in [-0.15, -0.1) is 23.2 Å². The molecule has 1 saturated carbocycles. The number of para-hydroxylation sites is 1. The number of phenols is 1. The maximum Gasteiger partial charge on any atom is 0.258 e. The fourth-order valence-corrected chi connectivity index (χ4v) is 8.72. The molecule has 3 aromatic rings. The quantitative estimate of drug-likeness (QED) is 0.0800. The van der Waals surface area contributed by atoms with Gasteiger partial charge in [-0.1, -0.05) is 41.4 Å². The first-order chi connectivity index (χ1) is 22.6. The molecular formula is C33H20Cl3F5N2O5. The molecule has 2 aliphatic carbocycles. The normalized spacial score (nSPS) is 29.6. The van der Waals surface area contributed by atoms with E-state index < -0.39 is 104 Å². The summed E-state index contributed by atoms with van der Waals surface area (Å²) in [7, 11) is 0. The maximum atomic E-state index is 15.2. The molecule has 3 fully saturated rings. The van der Waals surface area contributed by atoms with Crippen molar-refractivity contribution in [3.8, 4) is 5.75 Å². The Morgan fingerprint density at radius 2 is 1.40 bits per heavy atom. The molecule has 3 aromatic carbocycles. The van der Waals surface area contributed by atoms with Crippen LogP contribution in [0.25, 0.3) is 0 Å². The average molecular weight is 726 g/mol. The van der Waals surface area contributed by atoms with Crippen LogP contribution in [0, 0.1) is 53.8 Å². The van der Waals surface area contributed by atoms with E-state index in [1.807, 2.05) is 0 Å². The van der Waals surface area contributed by atoms with Crippen LogP contribution in [0.5, 0.6) is 5.75 Å². The molecule has 7 rings (SSSR count). The first-order valence-corrected chi connectivity index (χ1v) is 15.6. The molecule has 4 aliphatic rings. The van der Waals surface area contributed by atoms with Crippen molar-refractivity contribution in [2.75, 3.05) is 9.80 Å². The lowest BCUT2D eigenvalue weighted by molar-refractivity contribution is -0.125. The number of amides is 4. The van der Waals surface area contributed by atoms with E-state index in [1.165, 1.54) is 49.4 Å². The number of hydrogen-bond donors (Lipinski definition) is 1. The van der Waals surface area contributed by atoms with Crippen molar-refractivity contribution < 1.29 is 46.2 Å². The monoisotopic (exact) mass is 724 g/mol. The predicted octanol–water partition coefficient (Wildman–Crippen LogP) is 6.82. The van der Waals surface area contributed by atoms with Gasteiger partial charge in [0.15, 0.2) is 33.0 Å². The second-order valence-corrected chi connectivity index (χ2v) is 13.9. The summed E-state index contributed by atoms with van der Waals surface area (Å²) in [6.07, 6.45) is 0.853. The molecule has 6 unspecified atom stereocenters. The number of alkyl halides is 2. The van der Waals surface area contributed by atoms with Gasteiger partial charge in [-0.3, -0.25) is 24.1 Å². The van der Waals surface area contributed by atoms with Crippen molar-refractivity contribution >= 4 is 69.8 Å². The number of anilines is 2. The van der Waals surface area contributed by atoms with Gasteiger partial charge in [0.25, 0.3) is 11.8 Å². The molecule has 1 N–H and O–H groups in total. The number of rotatable bonds is 3. The third-order valence-corrected chi connectivity index (χ3v) is 11.6. The van der Waals surface area contributed by atoms with Crippen molar-refractivity contribution in [2.24, 2.45) is 17.8 Å². The molecule has 7 nitrogen and oxygen atoms in total. The number of aryl methyl sites for hydroxylation is 1. The highest BCUT2D eigenvalue weighted by Gasteiger charge is 2.77. The minimum atomic E-state index is -2.73. The second kappa shape index (κ2) is 10.8. The molecule has 0 spiro atoms. The van der Waals surface area contributed by atoms with E-state index in [0.717, 1.165) is 4.90 Å². The zero-order valence-electron chi connectivity index (χ0n) is 24.3. The molecule has 4 amide bonds. The Labute approximate surface area is 283 Å². The number of benzene rings is 3. The van der Waals surface area contributed by atoms with Gasteiger partial charge < -0.3 is 5.11 Å². The smallest absolute Gasteiger partial charge is 0.258 e. The summed E-state index contributed by atoms with van der Waals surface area (Å²) >= 11 is 20.2. The van der Waals surface area contributed by atoms with Crippen LogP contribution in [0.1, 0.15) is 29.9 Å². The van der Waals surface area contributed by atoms with Gasteiger partial charge in [-0.05, 0) is 55.5 Å². The maximum absolute atomic E-state index is 15.2. The first-order valence-electron chi connectivity index (χ1n) is 14.5. The van der Waals surface area contributed by atoms with Gasteiger partial charge in [0, 0.05) is 16.5 Å². The van der Waals surface area contributed by atoms with Crippen molar-refractivity contribution in [1.29, 1.82) is 0 Å². The highest BCUT2D eigenvalue weighted by Crippen LogP contribution is 2.67. The molecular weight excluding hydrogens is 706 g/mol. The zero-order valence-corrected chi connectivity index (χ0v) is 26.6. The molecule has 48 heavy (non-hydrogen) atoms. The van der Waals surface area contributed by atoms with Gasteiger partial charge in [-0.25, -0.2) is 26.9 Å². The minimum Gasteiger partial charge on any atom is -0.507 e. The molecule has 15 heteroatoms. The van der Waals surface area contributed by atoms with Crippen molar-refractivity contribution in [3.05, 3.63) is 99.3 Å². The number of halogens is 8. The number of hydrogen-bond acceptors (Lipinski definition) is 5. The number of allylic oxidation sites excluding steroid dienone is 2. The van der Waals surface area contributed by atoms with E-state index in [1.54, 1.807) is 6.08 Å². The van der Waals surface area contributed by atoms with E-state index >= 15 is 8.78 Å². The Bertz CT molecular complexity index is 2020. The lowest BCUT2D eigenvalue weighted by Gasteiger charge is -2.50. The van der Waals surface area contributed by atoms with Crippen LogP contribution in [-0.4, -0.2) is 38.5 Å². The number of aromatic hydroxyl groups is 1. The Balaban J connectivity index is 1.44. The van der Waals surface area contributed by atoms with Crippen LogP contribution in [0.2, 0.25) is 5.02 Å². The number of fused-ring (bicyclic) bond motifs is 4. The van der Waals surface area contributed by atoms with E-state index in [4.69, 9.17) is 34.8 Å². The van der Waals surface area contributed by atoms with Crippen molar-refractivity contribution in [2.45, 2.75) is 35.4 Å². The van der Waals surface area contributed by atoms with Gasteiger partial charge in [0.1, 0.15) is 11.4 Å². The molecule has 2 aliphatic heterocycles. The lowest BCUT2D eigenvalue weighted by atomic mass is 9.56. The highest BCUT2D eigenvalue weighted by atomic mass is 35.5. The Morgan fingerprint density at radius 3 is 2.02 bits per heavy atom. The predicted molar refractivity (Wildman–Crippen MR) is 163 cm³/mol. The Hall–Kier alpha value is -4.00. The first kappa shape index (κ1) is 32.5. The Kier molecular flexibility index (Phi) is 7.29. The summed E-state index contributed by atoms with van der Waals surface area (Å²) in [6.45, 7) is 1.52. The van der Waals surface area contributed by atoms with Gasteiger partial charge in [-0.2, -0.15) is 0 Å². The van der Waals surface area contributed by atoms with Crippen LogP contribution in [0.3, 0.4) is 0 Å². The van der Waals surface area contributed by atoms with Crippen LogP contribution in [-0.2, 0) is 19.2 Å². The van der Waals surface area contributed by atoms with E-state index in [9.17, 15) is 37.5 Å².